The molecule has 15 heteroatoms. The molecule has 0 saturated heterocycles. The molecule has 0 aliphatic heterocycles. The van der Waals surface area contributed by atoms with Gasteiger partial charge in [-0.15, -0.1) is 23.4 Å². The number of nitro groups is 1. The number of aromatic nitrogens is 3. The molecule has 230 valence electrons. The van der Waals surface area contributed by atoms with Crippen LogP contribution in [0.2, 0.25) is 0 Å². The lowest BCUT2D eigenvalue weighted by Gasteiger charge is -2.43. The van der Waals surface area contributed by atoms with Crippen LogP contribution in [0.15, 0.2) is 66.1 Å². The highest BCUT2D eigenvalue weighted by molar-refractivity contribution is 5.68. The van der Waals surface area contributed by atoms with Gasteiger partial charge in [0.05, 0.1) is 11.5 Å². The average molecular weight is 612 g/mol. The fraction of sp³-hybridized carbons (Fsp3) is 0.393. The van der Waals surface area contributed by atoms with Crippen LogP contribution in [0, 0.1) is 10.1 Å². The van der Waals surface area contributed by atoms with Crippen LogP contribution in [0.25, 0.3) is 11.6 Å². The van der Waals surface area contributed by atoms with Gasteiger partial charge in [-0.2, -0.15) is 26.3 Å². The van der Waals surface area contributed by atoms with Crippen LogP contribution in [-0.4, -0.2) is 31.8 Å². The van der Waals surface area contributed by atoms with E-state index in [0.717, 1.165) is 0 Å². The molecule has 0 unspecified atom stereocenters. The fourth-order valence-electron chi connectivity index (χ4n) is 4.78. The van der Waals surface area contributed by atoms with Crippen molar-refractivity contribution >= 4 is 11.5 Å². The molecule has 1 aliphatic carbocycles. The largest absolute Gasteiger partial charge is 0.426 e. The molecule has 4 rings (SSSR count). The van der Waals surface area contributed by atoms with Crippen LogP contribution in [-0.2, 0) is 23.1 Å². The number of anilines is 1. The van der Waals surface area contributed by atoms with Crippen molar-refractivity contribution in [3.05, 3.63) is 88.8 Å². The first-order chi connectivity index (χ1) is 20.2. The summed E-state index contributed by atoms with van der Waals surface area (Å²) in [6, 6.07) is 8.20. The van der Waals surface area contributed by atoms with Gasteiger partial charge in [-0.05, 0) is 44.1 Å². The molecule has 0 radical (unpaired) electrons. The topological polar surface area (TPSA) is 116 Å². The number of alkyl halides is 6. The number of pyridine rings is 1. The Morgan fingerprint density at radius 1 is 1.09 bits per heavy atom. The molecule has 0 spiro atoms. The molecular weight excluding hydrogens is 584 g/mol. The van der Waals surface area contributed by atoms with Crippen molar-refractivity contribution < 1.29 is 40.4 Å². The Bertz CT molecular complexity index is 1470. The van der Waals surface area contributed by atoms with Gasteiger partial charge in [-0.3, -0.25) is 10.1 Å². The van der Waals surface area contributed by atoms with Crippen molar-refractivity contribution in [2.24, 2.45) is 0 Å². The maximum atomic E-state index is 14.7. The minimum absolute atomic E-state index is 0.204. The monoisotopic (exact) mass is 611 g/mol. The van der Waals surface area contributed by atoms with Gasteiger partial charge in [0.1, 0.15) is 11.4 Å². The van der Waals surface area contributed by atoms with E-state index in [1.54, 1.807) is 30.3 Å². The number of halogens is 6. The van der Waals surface area contributed by atoms with Crippen molar-refractivity contribution in [2.75, 3.05) is 5.32 Å². The fourth-order valence-corrected chi connectivity index (χ4v) is 4.78. The molecule has 9 nitrogen and oxygen atoms in total. The van der Waals surface area contributed by atoms with E-state index in [1.165, 1.54) is 12.2 Å². The third-order valence-electron chi connectivity index (χ3n) is 7.19. The number of nitrogens with one attached hydrogen (secondary N) is 1. The van der Waals surface area contributed by atoms with Crippen molar-refractivity contribution in [3.63, 3.8) is 0 Å². The summed E-state index contributed by atoms with van der Waals surface area (Å²) >= 11 is 0. The standard InChI is InChI=1S/C28H27F6N5O4/c1-3-5-15-26(28(32,33)34,42-17-18-10-7-6-8-11-18)24-38-37-23(43-24)21-20(39(40)41)16-19(27(29,30)31)22(35-21)36-25(12-4-2)13-9-14-25/h3-4,6-8,10-11,16H,1-2,5,9,12-15,17H2,(H,35,36)/t26-/m1/s1. The average Bonchev–Trinajstić information content (AvgIpc) is 3.41. The molecular formula is C28H27F6N5O4. The molecule has 2 heterocycles. The number of benzene rings is 1. The summed E-state index contributed by atoms with van der Waals surface area (Å²) in [5.41, 5.74) is -7.06. The zero-order valence-corrected chi connectivity index (χ0v) is 22.7. The minimum atomic E-state index is -5.12. The van der Waals surface area contributed by atoms with Gasteiger partial charge in [0.2, 0.25) is 11.3 Å². The highest BCUT2D eigenvalue weighted by Crippen LogP contribution is 2.48. The number of hydrogen-bond acceptors (Lipinski definition) is 8. The molecule has 0 amide bonds. The maximum Gasteiger partial charge on any atom is 0.426 e. The van der Waals surface area contributed by atoms with E-state index >= 15 is 0 Å². The zero-order valence-electron chi connectivity index (χ0n) is 22.7. The third kappa shape index (κ3) is 6.55. The highest BCUT2D eigenvalue weighted by atomic mass is 19.4. The number of hydrogen-bond donors (Lipinski definition) is 1. The van der Waals surface area contributed by atoms with Gasteiger partial charge in [-0.1, -0.05) is 42.5 Å². The van der Waals surface area contributed by atoms with Crippen LogP contribution in [0.5, 0.6) is 0 Å². The lowest BCUT2D eigenvalue weighted by atomic mass is 9.74. The smallest absolute Gasteiger partial charge is 0.415 e. The minimum Gasteiger partial charge on any atom is -0.415 e. The van der Waals surface area contributed by atoms with Gasteiger partial charge in [-0.25, -0.2) is 4.98 Å². The summed E-state index contributed by atoms with van der Waals surface area (Å²) in [7, 11) is 0. The Labute approximate surface area is 241 Å². The molecule has 1 aromatic carbocycles. The molecule has 0 bridgehead atoms. The quantitative estimate of drug-likeness (QED) is 0.0897. The molecule has 1 fully saturated rings. The van der Waals surface area contributed by atoms with Gasteiger partial charge < -0.3 is 14.5 Å². The molecule has 1 atom stereocenters. The van der Waals surface area contributed by atoms with Crippen LogP contribution in [0.4, 0.5) is 37.8 Å². The molecule has 1 aliphatic rings. The molecule has 1 N–H and O–H groups in total. The molecule has 3 aromatic rings. The summed E-state index contributed by atoms with van der Waals surface area (Å²) < 4.78 is 96.9. The van der Waals surface area contributed by atoms with Crippen molar-refractivity contribution in [2.45, 2.75) is 68.6 Å². The normalized spacial score (nSPS) is 16.1. The number of nitrogens with zero attached hydrogens (tertiary/aromatic N) is 4. The van der Waals surface area contributed by atoms with Gasteiger partial charge in [0.15, 0.2) is 0 Å². The van der Waals surface area contributed by atoms with E-state index in [0.29, 0.717) is 24.8 Å². The van der Waals surface area contributed by atoms with E-state index in [1.807, 2.05) is 0 Å². The van der Waals surface area contributed by atoms with Gasteiger partial charge in [0, 0.05) is 11.6 Å². The van der Waals surface area contributed by atoms with Gasteiger partial charge in [0.25, 0.3) is 11.8 Å². The SMILES string of the molecule is C=CCC[C@@](OCc1ccccc1)(c1nnc(-c2nc(NC3(CC=C)CCC3)c(C(F)(F)F)cc2[N+](=O)[O-])o1)C(F)(F)F. The van der Waals surface area contributed by atoms with Crippen LogP contribution < -0.4 is 5.32 Å². The Kier molecular flexibility index (Phi) is 8.94. The van der Waals surface area contributed by atoms with Crippen LogP contribution >= 0.6 is 0 Å². The second kappa shape index (κ2) is 12.1. The Balaban J connectivity index is 1.85. The van der Waals surface area contributed by atoms with Crippen molar-refractivity contribution in [3.8, 4) is 11.6 Å². The predicted octanol–water partition coefficient (Wildman–Crippen LogP) is 7.91. The van der Waals surface area contributed by atoms with E-state index in [4.69, 9.17) is 9.15 Å². The third-order valence-corrected chi connectivity index (χ3v) is 7.19. The van der Waals surface area contributed by atoms with Gasteiger partial charge >= 0.3 is 18.0 Å². The molecule has 43 heavy (non-hydrogen) atoms. The summed E-state index contributed by atoms with van der Waals surface area (Å²) in [4.78, 5) is 14.6. The second-order valence-electron chi connectivity index (χ2n) is 10.1. The Morgan fingerprint density at radius 3 is 2.33 bits per heavy atom. The van der Waals surface area contributed by atoms with E-state index < -0.39 is 76.0 Å². The molecule has 2 aromatic heterocycles. The maximum absolute atomic E-state index is 14.7. The van der Waals surface area contributed by atoms with Crippen molar-refractivity contribution in [1.29, 1.82) is 0 Å². The predicted molar refractivity (Wildman–Crippen MR) is 143 cm³/mol. The number of ether oxygens (including phenoxy) is 1. The van der Waals surface area contributed by atoms with E-state index in [-0.39, 0.29) is 18.9 Å². The number of allylic oxidation sites excluding steroid dienone is 1. The summed E-state index contributed by atoms with van der Waals surface area (Å²) in [6.07, 6.45) is -6.44. The number of rotatable bonds is 13. The Hall–Kier alpha value is -4.27. The summed E-state index contributed by atoms with van der Waals surface area (Å²) in [5, 5.41) is 21.7. The lowest BCUT2D eigenvalue weighted by molar-refractivity contribution is -0.384. The van der Waals surface area contributed by atoms with Crippen LogP contribution in [0.1, 0.15) is 55.5 Å². The highest BCUT2D eigenvalue weighted by Gasteiger charge is 2.61. The summed E-state index contributed by atoms with van der Waals surface area (Å²) in [6.45, 7) is 6.56. The first-order valence-electron chi connectivity index (χ1n) is 13.1. The first-order valence-corrected chi connectivity index (χ1v) is 13.1. The Morgan fingerprint density at radius 2 is 1.79 bits per heavy atom. The van der Waals surface area contributed by atoms with Crippen molar-refractivity contribution in [1.82, 2.24) is 15.2 Å². The first kappa shape index (κ1) is 31.7. The summed E-state index contributed by atoms with van der Waals surface area (Å²) in [5.74, 6) is -2.75. The zero-order chi connectivity index (χ0) is 31.5. The lowest BCUT2D eigenvalue weighted by Crippen LogP contribution is -2.45. The van der Waals surface area contributed by atoms with Crippen LogP contribution in [0.3, 0.4) is 0 Å². The van der Waals surface area contributed by atoms with E-state index in [2.05, 4.69) is 33.7 Å². The van der Waals surface area contributed by atoms with E-state index in [9.17, 15) is 36.5 Å². The second-order valence-corrected chi connectivity index (χ2v) is 10.1. The molecule has 1 saturated carbocycles.